The lowest BCUT2D eigenvalue weighted by atomic mass is 9.50. The van der Waals surface area contributed by atoms with Gasteiger partial charge in [-0.3, -0.25) is 4.79 Å². The number of fused-ring (bicyclic) bond motifs is 2. The van der Waals surface area contributed by atoms with Crippen molar-refractivity contribution in [3.05, 3.63) is 0 Å². The third-order valence-electron chi connectivity index (χ3n) is 6.07. The van der Waals surface area contributed by atoms with Crippen molar-refractivity contribution in [2.45, 2.75) is 23.3 Å². The van der Waals surface area contributed by atoms with E-state index >= 15 is 0 Å². The maximum Gasteiger partial charge on any atom is 0.158 e. The minimum Gasteiger partial charge on any atom is -0.299 e. The van der Waals surface area contributed by atoms with Gasteiger partial charge < -0.3 is 0 Å². The number of hydrogen-bond donors (Lipinski definition) is 0. The van der Waals surface area contributed by atoms with E-state index in [0.717, 1.165) is 12.8 Å². The summed E-state index contributed by atoms with van der Waals surface area (Å²) in [4.78, 5) is 12.1. The molecular weight excluding hydrogens is 212 g/mol. The first-order valence-electron chi connectivity index (χ1n) is 5.90. The standard InChI is InChI=1S/C11H12O3S/c12-9-7-3-1-2-4-6-5(3)8(9)11(6)15(13,14)10(4)7/h3-8,10-11H,1-2H2/t3-,4-,5+,6-,7+,8+,10-,11+/m1/s1. The minimum absolute atomic E-state index is 0.0588. The van der Waals surface area contributed by atoms with Crippen molar-refractivity contribution in [3.8, 4) is 0 Å². The summed E-state index contributed by atoms with van der Waals surface area (Å²) in [5, 5.41) is -0.472. The maximum absolute atomic E-state index is 12.2. The van der Waals surface area contributed by atoms with Gasteiger partial charge in [0.1, 0.15) is 5.78 Å². The molecule has 8 atom stereocenters. The van der Waals surface area contributed by atoms with Crippen LogP contribution in [0.15, 0.2) is 0 Å². The number of ketones is 1. The van der Waals surface area contributed by atoms with Gasteiger partial charge in [0.05, 0.1) is 10.5 Å². The number of carbonyl (C=O) groups is 1. The molecule has 6 aliphatic rings. The van der Waals surface area contributed by atoms with Gasteiger partial charge in [-0.1, -0.05) is 0 Å². The van der Waals surface area contributed by atoms with Crippen molar-refractivity contribution in [3.63, 3.8) is 0 Å². The molecule has 0 aromatic carbocycles. The summed E-state index contributed by atoms with van der Waals surface area (Å²) < 4.78 is 24.5. The Morgan fingerprint density at radius 1 is 0.933 bits per heavy atom. The van der Waals surface area contributed by atoms with Gasteiger partial charge in [0.25, 0.3) is 0 Å². The van der Waals surface area contributed by atoms with Gasteiger partial charge in [-0.25, -0.2) is 8.42 Å². The topological polar surface area (TPSA) is 51.2 Å². The van der Waals surface area contributed by atoms with E-state index in [2.05, 4.69) is 0 Å². The molecule has 0 N–H and O–H groups in total. The van der Waals surface area contributed by atoms with Crippen LogP contribution in [-0.2, 0) is 14.6 Å². The number of carbonyl (C=O) groups excluding carboxylic acids is 1. The monoisotopic (exact) mass is 224 g/mol. The zero-order valence-corrected chi connectivity index (χ0v) is 8.98. The quantitative estimate of drug-likeness (QED) is 0.593. The van der Waals surface area contributed by atoms with Gasteiger partial charge >= 0.3 is 0 Å². The highest BCUT2D eigenvalue weighted by Crippen LogP contribution is 2.76. The number of sulfone groups is 1. The maximum atomic E-state index is 12.2. The van der Waals surface area contributed by atoms with E-state index in [1.54, 1.807) is 0 Å². The van der Waals surface area contributed by atoms with Crippen LogP contribution >= 0.6 is 0 Å². The van der Waals surface area contributed by atoms with Gasteiger partial charge in [-0.2, -0.15) is 0 Å². The van der Waals surface area contributed by atoms with Gasteiger partial charge in [-0.15, -0.1) is 0 Å². The van der Waals surface area contributed by atoms with Crippen LogP contribution in [0.2, 0.25) is 0 Å². The molecule has 1 saturated heterocycles. The van der Waals surface area contributed by atoms with E-state index in [-0.39, 0.29) is 22.3 Å². The molecule has 1 aliphatic heterocycles. The molecule has 0 unspecified atom stereocenters. The Balaban J connectivity index is 1.90. The summed E-state index contributed by atoms with van der Waals surface area (Å²) in [6.45, 7) is 0. The molecule has 80 valence electrons. The highest BCUT2D eigenvalue weighted by atomic mass is 32.2. The van der Waals surface area contributed by atoms with Crippen molar-refractivity contribution < 1.29 is 13.2 Å². The molecule has 0 aromatic heterocycles. The first kappa shape index (κ1) is 7.82. The molecule has 0 aromatic rings. The normalized spacial score (nSPS) is 70.0. The molecule has 4 heteroatoms. The zero-order chi connectivity index (χ0) is 10.1. The molecule has 5 aliphatic carbocycles. The molecule has 6 fully saturated rings. The first-order valence-corrected chi connectivity index (χ1v) is 7.51. The summed E-state index contributed by atoms with van der Waals surface area (Å²) in [7, 11) is -2.92. The fourth-order valence-electron chi connectivity index (χ4n) is 5.93. The van der Waals surface area contributed by atoms with Gasteiger partial charge in [-0.05, 0) is 36.5 Å². The van der Waals surface area contributed by atoms with Crippen molar-refractivity contribution in [1.82, 2.24) is 0 Å². The second kappa shape index (κ2) is 1.81. The van der Waals surface area contributed by atoms with E-state index < -0.39 is 9.84 Å². The Bertz CT molecular complexity index is 508. The minimum atomic E-state index is -2.92. The molecule has 5 saturated carbocycles. The Hall–Kier alpha value is -0.380. The van der Waals surface area contributed by atoms with Gasteiger partial charge in [0.15, 0.2) is 9.84 Å². The lowest BCUT2D eigenvalue weighted by molar-refractivity contribution is -0.126. The van der Waals surface area contributed by atoms with Crippen LogP contribution in [-0.4, -0.2) is 24.7 Å². The fraction of sp³-hybridized carbons (Fsp3) is 0.909. The zero-order valence-electron chi connectivity index (χ0n) is 8.17. The summed E-state index contributed by atoms with van der Waals surface area (Å²) in [6.07, 6.45) is 2.19. The van der Waals surface area contributed by atoms with E-state index in [0.29, 0.717) is 29.5 Å². The van der Waals surface area contributed by atoms with Crippen LogP contribution in [0.1, 0.15) is 12.8 Å². The number of hydrogen-bond acceptors (Lipinski definition) is 3. The number of Topliss-reactive ketones (excluding diaryl/α,β-unsaturated/α-hetero) is 1. The molecule has 15 heavy (non-hydrogen) atoms. The highest BCUT2D eigenvalue weighted by molar-refractivity contribution is 7.93. The van der Waals surface area contributed by atoms with Gasteiger partial charge in [0.2, 0.25) is 0 Å². The molecule has 0 amide bonds. The van der Waals surface area contributed by atoms with Gasteiger partial charge in [0, 0.05) is 11.8 Å². The molecule has 6 bridgehead atoms. The highest BCUT2D eigenvalue weighted by Gasteiger charge is 2.83. The van der Waals surface area contributed by atoms with E-state index in [4.69, 9.17) is 0 Å². The van der Waals surface area contributed by atoms with Crippen LogP contribution in [0.5, 0.6) is 0 Å². The Kier molecular flexibility index (Phi) is 0.944. The third-order valence-corrected chi connectivity index (χ3v) is 8.84. The molecule has 0 spiro atoms. The van der Waals surface area contributed by atoms with Crippen LogP contribution in [0.25, 0.3) is 0 Å². The van der Waals surface area contributed by atoms with Crippen molar-refractivity contribution in [1.29, 1.82) is 0 Å². The Morgan fingerprint density at radius 3 is 2.47 bits per heavy atom. The second-order valence-electron chi connectivity index (χ2n) is 6.03. The molecule has 3 nitrogen and oxygen atoms in total. The van der Waals surface area contributed by atoms with Crippen LogP contribution < -0.4 is 0 Å². The lowest BCUT2D eigenvalue weighted by Gasteiger charge is -2.52. The largest absolute Gasteiger partial charge is 0.299 e. The average Bonchev–Trinajstić information content (AvgIpc) is 2.36. The van der Waals surface area contributed by atoms with E-state index in [1.807, 2.05) is 0 Å². The smallest absolute Gasteiger partial charge is 0.158 e. The third kappa shape index (κ3) is 0.500. The van der Waals surface area contributed by atoms with Crippen LogP contribution in [0.3, 0.4) is 0 Å². The molecular formula is C11H12O3S. The predicted octanol–water partition coefficient (Wildman–Crippen LogP) is 0.253. The lowest BCUT2D eigenvalue weighted by Crippen LogP contribution is -2.55. The Morgan fingerprint density at radius 2 is 1.67 bits per heavy atom. The summed E-state index contributed by atoms with van der Waals surface area (Å²) in [6, 6.07) is 0. The molecule has 1 heterocycles. The SMILES string of the molecule is O=C1[C@@H]2[C@@H]3CC[C@@H]4[C@@H]5[C@H]3[C@@H]1[C@H]5S(=O)(=O)[C@H]42. The van der Waals surface area contributed by atoms with Crippen molar-refractivity contribution in [2.75, 3.05) is 0 Å². The molecule has 6 rings (SSSR count). The summed E-state index contributed by atoms with van der Waals surface area (Å²) in [5.74, 6) is 1.90. The van der Waals surface area contributed by atoms with Crippen LogP contribution in [0.4, 0.5) is 0 Å². The predicted molar refractivity (Wildman–Crippen MR) is 51.7 cm³/mol. The van der Waals surface area contributed by atoms with E-state index in [1.165, 1.54) is 0 Å². The summed E-state index contributed by atoms with van der Waals surface area (Å²) >= 11 is 0. The molecule has 0 radical (unpaired) electrons. The number of rotatable bonds is 0. The van der Waals surface area contributed by atoms with Crippen molar-refractivity contribution in [2.24, 2.45) is 35.5 Å². The van der Waals surface area contributed by atoms with E-state index in [9.17, 15) is 13.2 Å². The summed E-state index contributed by atoms with van der Waals surface area (Å²) in [5.41, 5.74) is 0. The van der Waals surface area contributed by atoms with Crippen LogP contribution in [0, 0.1) is 35.5 Å². The van der Waals surface area contributed by atoms with Crippen molar-refractivity contribution >= 4 is 15.6 Å². The Labute approximate surface area is 88.1 Å². The fourth-order valence-corrected chi connectivity index (χ4v) is 9.39. The average molecular weight is 224 g/mol. The second-order valence-corrected chi connectivity index (χ2v) is 8.30. The first-order chi connectivity index (χ1) is 7.14.